The molecule has 0 radical (unpaired) electrons. The Kier molecular flexibility index (Phi) is 4.13. The maximum absolute atomic E-state index is 4.77. The molecule has 3 heterocycles. The number of aryl methyl sites for hydroxylation is 1. The van der Waals surface area contributed by atoms with Crippen LogP contribution in [0.4, 0.5) is 0 Å². The lowest BCUT2D eigenvalue weighted by molar-refractivity contribution is 0.280. The second-order valence-corrected chi connectivity index (χ2v) is 7.10. The van der Waals surface area contributed by atoms with E-state index in [9.17, 15) is 0 Å². The molecule has 0 saturated heterocycles. The zero-order valence-electron chi connectivity index (χ0n) is 15.8. The monoisotopic (exact) mass is 367 g/mol. The number of hydrogen-bond acceptors (Lipinski definition) is 4. The van der Waals surface area contributed by atoms with Gasteiger partial charge < -0.3 is 0 Å². The topological polar surface area (TPSA) is 46.3 Å². The molecule has 5 nitrogen and oxygen atoms in total. The van der Waals surface area contributed by atoms with Crippen LogP contribution in [0.1, 0.15) is 16.8 Å². The quantitative estimate of drug-likeness (QED) is 0.547. The Morgan fingerprint density at radius 3 is 2.79 bits per heavy atom. The molecule has 1 aliphatic heterocycles. The van der Waals surface area contributed by atoms with Gasteiger partial charge in [-0.3, -0.25) is 14.7 Å². The van der Waals surface area contributed by atoms with Crippen molar-refractivity contribution in [3.05, 3.63) is 83.7 Å². The maximum Gasteiger partial charge on any atom is 0.0705 e. The van der Waals surface area contributed by atoms with Crippen molar-refractivity contribution in [2.24, 2.45) is 12.1 Å². The number of aromatic nitrogens is 3. The third-order valence-corrected chi connectivity index (χ3v) is 5.28. The van der Waals surface area contributed by atoms with Gasteiger partial charge in [-0.2, -0.15) is 10.2 Å². The van der Waals surface area contributed by atoms with E-state index >= 15 is 0 Å². The van der Waals surface area contributed by atoms with Crippen LogP contribution in [0.15, 0.2) is 72.0 Å². The molecule has 0 atom stereocenters. The predicted octanol–water partition coefficient (Wildman–Crippen LogP) is 4.03. The zero-order chi connectivity index (χ0) is 18.9. The Morgan fingerprint density at radius 1 is 0.964 bits per heavy atom. The van der Waals surface area contributed by atoms with Crippen LogP contribution in [0.5, 0.6) is 0 Å². The molecule has 0 N–H and O–H groups in total. The molecule has 2 aromatic heterocycles. The molecule has 0 fully saturated rings. The van der Waals surface area contributed by atoms with Gasteiger partial charge in [-0.05, 0) is 23.8 Å². The second kappa shape index (κ2) is 6.93. The van der Waals surface area contributed by atoms with E-state index in [1.165, 1.54) is 22.1 Å². The fraction of sp³-hybridized carbons (Fsp3) is 0.174. The van der Waals surface area contributed by atoms with Gasteiger partial charge >= 0.3 is 0 Å². The van der Waals surface area contributed by atoms with E-state index in [1.54, 1.807) is 0 Å². The van der Waals surface area contributed by atoms with E-state index in [-0.39, 0.29) is 0 Å². The largest absolute Gasteiger partial charge is 0.292 e. The van der Waals surface area contributed by atoms with E-state index in [0.717, 1.165) is 36.4 Å². The summed E-state index contributed by atoms with van der Waals surface area (Å²) in [5.74, 6) is 0. The van der Waals surface area contributed by atoms with Crippen molar-refractivity contribution in [2.75, 3.05) is 6.54 Å². The minimum absolute atomic E-state index is 0.811. The van der Waals surface area contributed by atoms with Crippen LogP contribution in [-0.2, 0) is 20.0 Å². The van der Waals surface area contributed by atoms with Crippen molar-refractivity contribution in [3.8, 4) is 11.3 Å². The minimum atomic E-state index is 0.811. The lowest BCUT2D eigenvalue weighted by Gasteiger charge is -2.25. The van der Waals surface area contributed by atoms with Crippen molar-refractivity contribution in [2.45, 2.75) is 13.0 Å². The molecular weight excluding hydrogens is 346 g/mol. The number of rotatable bonds is 4. The molecule has 1 aliphatic rings. The third-order valence-electron chi connectivity index (χ3n) is 5.28. The average molecular weight is 367 g/mol. The van der Waals surface area contributed by atoms with Crippen molar-refractivity contribution >= 4 is 17.1 Å². The van der Waals surface area contributed by atoms with Crippen molar-refractivity contribution in [3.63, 3.8) is 0 Å². The Balaban J connectivity index is 1.34. The van der Waals surface area contributed by atoms with Crippen LogP contribution in [-0.4, -0.2) is 32.5 Å². The van der Waals surface area contributed by atoms with Gasteiger partial charge in [-0.1, -0.05) is 42.5 Å². The van der Waals surface area contributed by atoms with Crippen molar-refractivity contribution in [1.29, 1.82) is 0 Å². The summed E-state index contributed by atoms with van der Waals surface area (Å²) in [4.78, 5) is 4.77. The van der Waals surface area contributed by atoms with Gasteiger partial charge in [0.05, 0.1) is 24.0 Å². The number of pyridine rings is 1. The second-order valence-electron chi connectivity index (χ2n) is 7.10. The molecule has 138 valence electrons. The third kappa shape index (κ3) is 3.05. The molecule has 0 amide bonds. The summed E-state index contributed by atoms with van der Waals surface area (Å²) in [7, 11) is 1.97. The van der Waals surface area contributed by atoms with Gasteiger partial charge in [0, 0.05) is 48.4 Å². The average Bonchev–Trinajstić information content (AvgIpc) is 3.17. The normalized spacial score (nSPS) is 13.1. The molecule has 0 unspecified atom stereocenters. The SMILES string of the molecule is Cn1nccc1-c1cccc2c1C=NN(CCc1ccc3ccccc3n1)C2. The summed E-state index contributed by atoms with van der Waals surface area (Å²) in [5, 5.41) is 12.3. The number of benzene rings is 2. The van der Waals surface area contributed by atoms with E-state index < -0.39 is 0 Å². The molecule has 5 heteroatoms. The Hall–Kier alpha value is -3.47. The number of para-hydroxylation sites is 1. The molecule has 0 spiro atoms. The molecule has 0 saturated carbocycles. The lowest BCUT2D eigenvalue weighted by atomic mass is 9.98. The molecule has 4 aromatic rings. The standard InChI is InChI=1S/C23H21N5/c1-27-23(11-13-24-27)20-7-4-6-18-16-28(25-15-21(18)20)14-12-19-10-9-17-5-2-3-8-22(17)26-19/h2-11,13,15H,12,14,16H2,1H3. The van der Waals surface area contributed by atoms with Crippen LogP contribution >= 0.6 is 0 Å². The van der Waals surface area contributed by atoms with E-state index in [2.05, 4.69) is 52.6 Å². The van der Waals surface area contributed by atoms with E-state index in [1.807, 2.05) is 42.3 Å². The van der Waals surface area contributed by atoms with Crippen LogP contribution < -0.4 is 0 Å². The molecule has 0 aliphatic carbocycles. The summed E-state index contributed by atoms with van der Waals surface area (Å²) in [6.45, 7) is 1.66. The Labute approximate surface area is 163 Å². The number of hydrogen-bond donors (Lipinski definition) is 0. The van der Waals surface area contributed by atoms with Gasteiger partial charge in [0.25, 0.3) is 0 Å². The number of hydrazone groups is 1. The summed E-state index contributed by atoms with van der Waals surface area (Å²) < 4.78 is 1.90. The fourth-order valence-electron chi connectivity index (χ4n) is 3.77. The summed E-state index contributed by atoms with van der Waals surface area (Å²) in [6, 6.07) is 21.0. The van der Waals surface area contributed by atoms with Crippen molar-refractivity contribution < 1.29 is 0 Å². The maximum atomic E-state index is 4.77. The highest BCUT2D eigenvalue weighted by atomic mass is 15.4. The first-order valence-electron chi connectivity index (χ1n) is 9.52. The fourth-order valence-corrected chi connectivity index (χ4v) is 3.77. The number of fused-ring (bicyclic) bond motifs is 2. The van der Waals surface area contributed by atoms with Crippen molar-refractivity contribution in [1.82, 2.24) is 19.8 Å². The first-order valence-corrected chi connectivity index (χ1v) is 9.52. The van der Waals surface area contributed by atoms with Crippen LogP contribution in [0, 0.1) is 0 Å². The smallest absolute Gasteiger partial charge is 0.0705 e. The minimum Gasteiger partial charge on any atom is -0.292 e. The van der Waals surface area contributed by atoms with Crippen LogP contribution in [0.3, 0.4) is 0 Å². The molecule has 2 aromatic carbocycles. The molecule has 0 bridgehead atoms. The van der Waals surface area contributed by atoms with E-state index in [4.69, 9.17) is 10.1 Å². The summed E-state index contributed by atoms with van der Waals surface area (Å²) in [6.07, 6.45) is 4.69. The summed E-state index contributed by atoms with van der Waals surface area (Å²) in [5.41, 5.74) is 6.91. The Morgan fingerprint density at radius 2 is 1.89 bits per heavy atom. The van der Waals surface area contributed by atoms with E-state index in [0.29, 0.717) is 0 Å². The van der Waals surface area contributed by atoms with Gasteiger partial charge in [-0.15, -0.1) is 0 Å². The zero-order valence-corrected chi connectivity index (χ0v) is 15.8. The lowest BCUT2D eigenvalue weighted by Crippen LogP contribution is -2.24. The Bertz CT molecular complexity index is 1170. The van der Waals surface area contributed by atoms with Gasteiger partial charge in [0.2, 0.25) is 0 Å². The first-order chi connectivity index (χ1) is 13.8. The predicted molar refractivity (Wildman–Crippen MR) is 112 cm³/mol. The van der Waals surface area contributed by atoms with Gasteiger partial charge in [0.15, 0.2) is 0 Å². The van der Waals surface area contributed by atoms with Gasteiger partial charge in [0.1, 0.15) is 0 Å². The van der Waals surface area contributed by atoms with Crippen LogP contribution in [0.25, 0.3) is 22.2 Å². The number of nitrogens with zero attached hydrogens (tertiary/aromatic N) is 5. The van der Waals surface area contributed by atoms with Crippen LogP contribution in [0.2, 0.25) is 0 Å². The van der Waals surface area contributed by atoms with Gasteiger partial charge in [-0.25, -0.2) is 0 Å². The first kappa shape index (κ1) is 16.7. The molecular formula is C23H21N5. The molecule has 5 rings (SSSR count). The molecule has 28 heavy (non-hydrogen) atoms. The highest BCUT2D eigenvalue weighted by molar-refractivity contribution is 5.92. The highest BCUT2D eigenvalue weighted by Gasteiger charge is 2.17. The summed E-state index contributed by atoms with van der Waals surface area (Å²) >= 11 is 0. The highest BCUT2D eigenvalue weighted by Crippen LogP contribution is 2.27.